The first-order valence-electron chi connectivity index (χ1n) is 6.68. The lowest BCUT2D eigenvalue weighted by atomic mass is 9.99. The molecular formula is C14H15ClN4O. The molecule has 1 aliphatic rings. The van der Waals surface area contributed by atoms with Crippen LogP contribution in [0.25, 0.3) is 11.0 Å². The van der Waals surface area contributed by atoms with E-state index in [9.17, 15) is 4.79 Å². The van der Waals surface area contributed by atoms with E-state index in [1.165, 1.54) is 0 Å². The molecule has 1 aromatic carbocycles. The van der Waals surface area contributed by atoms with Crippen LogP contribution in [0.5, 0.6) is 0 Å². The number of benzene rings is 1. The molecule has 0 radical (unpaired) electrons. The summed E-state index contributed by atoms with van der Waals surface area (Å²) in [6.07, 6.45) is 1.90. The normalized spacial score (nSPS) is 18.9. The largest absolute Gasteiger partial charge is 0.316 e. The Balaban J connectivity index is 1.82. The molecule has 0 bridgehead atoms. The van der Waals surface area contributed by atoms with Gasteiger partial charge in [0, 0.05) is 6.54 Å². The summed E-state index contributed by atoms with van der Waals surface area (Å²) in [4.78, 5) is 20.8. The Kier molecular flexibility index (Phi) is 3.80. The maximum atomic E-state index is 12.2. The summed E-state index contributed by atoms with van der Waals surface area (Å²) < 4.78 is 0. The van der Waals surface area contributed by atoms with E-state index < -0.39 is 0 Å². The maximum absolute atomic E-state index is 12.2. The zero-order chi connectivity index (χ0) is 13.9. The highest BCUT2D eigenvalue weighted by molar-refractivity contribution is 6.32. The molecule has 1 unspecified atom stereocenters. The number of hydrogen-bond acceptors (Lipinski definition) is 4. The van der Waals surface area contributed by atoms with Gasteiger partial charge in [-0.25, -0.2) is 9.97 Å². The van der Waals surface area contributed by atoms with Crippen LogP contribution in [0, 0.1) is 5.92 Å². The van der Waals surface area contributed by atoms with E-state index in [1.807, 2.05) is 24.3 Å². The maximum Gasteiger partial charge on any atom is 0.230 e. The number of nitrogens with zero attached hydrogens (tertiary/aromatic N) is 2. The van der Waals surface area contributed by atoms with Gasteiger partial charge in [0.05, 0.1) is 17.0 Å². The molecule has 1 amide bonds. The van der Waals surface area contributed by atoms with Gasteiger partial charge in [0.25, 0.3) is 0 Å². The van der Waals surface area contributed by atoms with Gasteiger partial charge in [-0.3, -0.25) is 4.79 Å². The number of para-hydroxylation sites is 2. The third-order valence-corrected chi connectivity index (χ3v) is 3.70. The predicted molar refractivity (Wildman–Crippen MR) is 78.8 cm³/mol. The van der Waals surface area contributed by atoms with Crippen LogP contribution in [0.2, 0.25) is 5.15 Å². The fourth-order valence-electron chi connectivity index (χ4n) is 2.35. The van der Waals surface area contributed by atoms with E-state index in [0.717, 1.165) is 24.9 Å². The number of anilines is 1. The van der Waals surface area contributed by atoms with Gasteiger partial charge in [0.15, 0.2) is 11.0 Å². The van der Waals surface area contributed by atoms with Crippen LogP contribution in [-0.2, 0) is 4.79 Å². The van der Waals surface area contributed by atoms with E-state index in [-0.39, 0.29) is 17.0 Å². The summed E-state index contributed by atoms with van der Waals surface area (Å²) in [5, 5.41) is 6.23. The van der Waals surface area contributed by atoms with E-state index in [4.69, 9.17) is 11.6 Å². The van der Waals surface area contributed by atoms with Gasteiger partial charge in [-0.05, 0) is 31.5 Å². The third kappa shape index (κ3) is 2.73. The van der Waals surface area contributed by atoms with Crippen LogP contribution >= 0.6 is 11.6 Å². The van der Waals surface area contributed by atoms with E-state index in [0.29, 0.717) is 17.9 Å². The SMILES string of the molecule is O=C(Nc1nc2ccccc2nc1Cl)C1CCCNC1. The quantitative estimate of drug-likeness (QED) is 0.890. The number of fused-ring (bicyclic) bond motifs is 1. The van der Waals surface area contributed by atoms with Gasteiger partial charge in [-0.1, -0.05) is 23.7 Å². The molecule has 0 saturated carbocycles. The molecule has 1 saturated heterocycles. The minimum Gasteiger partial charge on any atom is -0.316 e. The van der Waals surface area contributed by atoms with Crippen molar-refractivity contribution >= 4 is 34.4 Å². The van der Waals surface area contributed by atoms with Gasteiger partial charge in [-0.15, -0.1) is 0 Å². The van der Waals surface area contributed by atoms with Crippen molar-refractivity contribution in [3.63, 3.8) is 0 Å². The molecular weight excluding hydrogens is 276 g/mol. The number of rotatable bonds is 2. The monoisotopic (exact) mass is 290 g/mol. The molecule has 2 N–H and O–H groups in total. The van der Waals surface area contributed by atoms with E-state index >= 15 is 0 Å². The molecule has 1 fully saturated rings. The fraction of sp³-hybridized carbons (Fsp3) is 0.357. The first-order chi connectivity index (χ1) is 9.74. The van der Waals surface area contributed by atoms with Crippen LogP contribution in [0.15, 0.2) is 24.3 Å². The standard InChI is InChI=1S/C14H15ClN4O/c15-12-13(18-11-6-2-1-5-10(11)17-12)19-14(20)9-4-3-7-16-8-9/h1-2,5-6,9,16H,3-4,7-8H2,(H,18,19,20). The third-order valence-electron chi connectivity index (χ3n) is 3.44. The number of aromatic nitrogens is 2. The van der Waals surface area contributed by atoms with Crippen molar-refractivity contribution in [1.82, 2.24) is 15.3 Å². The Hall–Kier alpha value is -1.72. The van der Waals surface area contributed by atoms with Crippen LogP contribution < -0.4 is 10.6 Å². The first kappa shape index (κ1) is 13.3. The number of amides is 1. The molecule has 1 atom stereocenters. The molecule has 1 aromatic heterocycles. The van der Waals surface area contributed by atoms with Gasteiger partial charge < -0.3 is 10.6 Å². The summed E-state index contributed by atoms with van der Waals surface area (Å²) >= 11 is 6.08. The predicted octanol–water partition coefficient (Wildman–Crippen LogP) is 2.22. The van der Waals surface area contributed by atoms with Gasteiger partial charge in [-0.2, -0.15) is 0 Å². The molecule has 20 heavy (non-hydrogen) atoms. The summed E-state index contributed by atoms with van der Waals surface area (Å²) in [6, 6.07) is 7.43. The molecule has 1 aliphatic heterocycles. The van der Waals surface area contributed by atoms with Crippen LogP contribution in [0.4, 0.5) is 5.82 Å². The summed E-state index contributed by atoms with van der Waals surface area (Å²) in [7, 11) is 0. The van der Waals surface area contributed by atoms with Crippen molar-refractivity contribution in [3.05, 3.63) is 29.4 Å². The summed E-state index contributed by atoms with van der Waals surface area (Å²) in [5.41, 5.74) is 1.43. The second kappa shape index (κ2) is 5.73. The van der Waals surface area contributed by atoms with E-state index in [2.05, 4.69) is 20.6 Å². The Morgan fingerprint density at radius 3 is 2.75 bits per heavy atom. The topological polar surface area (TPSA) is 66.9 Å². The molecule has 5 nitrogen and oxygen atoms in total. The van der Waals surface area contributed by atoms with Crippen molar-refractivity contribution in [2.24, 2.45) is 5.92 Å². The molecule has 2 heterocycles. The van der Waals surface area contributed by atoms with Crippen molar-refractivity contribution < 1.29 is 4.79 Å². The molecule has 104 valence electrons. The Labute approximate surface area is 121 Å². The Morgan fingerprint density at radius 1 is 1.30 bits per heavy atom. The van der Waals surface area contributed by atoms with E-state index in [1.54, 1.807) is 0 Å². The molecule has 0 aliphatic carbocycles. The van der Waals surface area contributed by atoms with Gasteiger partial charge >= 0.3 is 0 Å². The number of piperidine rings is 1. The molecule has 6 heteroatoms. The summed E-state index contributed by atoms with van der Waals surface area (Å²) in [5.74, 6) is 0.248. The lowest BCUT2D eigenvalue weighted by Crippen LogP contribution is -2.37. The zero-order valence-corrected chi connectivity index (χ0v) is 11.7. The van der Waals surface area contributed by atoms with Gasteiger partial charge in [0.1, 0.15) is 0 Å². The number of halogens is 1. The van der Waals surface area contributed by atoms with Gasteiger partial charge in [0.2, 0.25) is 5.91 Å². The van der Waals surface area contributed by atoms with Crippen molar-refractivity contribution in [2.75, 3.05) is 18.4 Å². The highest BCUT2D eigenvalue weighted by atomic mass is 35.5. The van der Waals surface area contributed by atoms with Crippen LogP contribution in [0.3, 0.4) is 0 Å². The molecule has 0 spiro atoms. The Bertz CT molecular complexity index is 640. The van der Waals surface area contributed by atoms with Crippen molar-refractivity contribution in [1.29, 1.82) is 0 Å². The second-order valence-electron chi connectivity index (χ2n) is 4.88. The second-order valence-corrected chi connectivity index (χ2v) is 5.24. The van der Waals surface area contributed by atoms with Crippen LogP contribution in [-0.4, -0.2) is 29.0 Å². The lowest BCUT2D eigenvalue weighted by Gasteiger charge is -2.21. The molecule has 3 rings (SSSR count). The lowest BCUT2D eigenvalue weighted by molar-refractivity contribution is -0.120. The number of hydrogen-bond donors (Lipinski definition) is 2. The number of nitrogens with one attached hydrogen (secondary N) is 2. The molecule has 2 aromatic rings. The average Bonchev–Trinajstić information content (AvgIpc) is 2.49. The highest BCUT2D eigenvalue weighted by Crippen LogP contribution is 2.22. The minimum absolute atomic E-state index is 0.0342. The smallest absolute Gasteiger partial charge is 0.230 e. The van der Waals surface area contributed by atoms with Crippen LogP contribution in [0.1, 0.15) is 12.8 Å². The first-order valence-corrected chi connectivity index (χ1v) is 7.06. The van der Waals surface area contributed by atoms with Crippen molar-refractivity contribution in [3.8, 4) is 0 Å². The number of carbonyl (C=O) groups excluding carboxylic acids is 1. The fourth-order valence-corrected chi connectivity index (χ4v) is 2.53. The number of carbonyl (C=O) groups is 1. The highest BCUT2D eigenvalue weighted by Gasteiger charge is 2.22. The summed E-state index contributed by atoms with van der Waals surface area (Å²) in [6.45, 7) is 1.67. The van der Waals surface area contributed by atoms with Crippen molar-refractivity contribution in [2.45, 2.75) is 12.8 Å². The Morgan fingerprint density at radius 2 is 2.05 bits per heavy atom. The average molecular weight is 291 g/mol. The minimum atomic E-state index is -0.0521. The zero-order valence-electron chi connectivity index (χ0n) is 10.9.